The molecule has 1 aliphatic carbocycles. The third kappa shape index (κ3) is 3.82. The van der Waals surface area contributed by atoms with E-state index in [1.165, 1.54) is 5.01 Å². The number of nitrogens with zero attached hydrogens (tertiary/aromatic N) is 2. The van der Waals surface area contributed by atoms with Gasteiger partial charge in [-0.3, -0.25) is 0 Å². The van der Waals surface area contributed by atoms with Gasteiger partial charge < -0.3 is 15.7 Å². The number of aromatic nitrogens is 1. The number of nitrogens with two attached hydrogens (primary N) is 1. The van der Waals surface area contributed by atoms with Gasteiger partial charge in [-0.15, -0.1) is 11.3 Å². The zero-order valence-electron chi connectivity index (χ0n) is 14.2. The number of oxime groups is 1. The fourth-order valence-corrected chi connectivity index (χ4v) is 3.43. The molecule has 126 valence electrons. The Bertz CT molecular complexity index is 657. The van der Waals surface area contributed by atoms with E-state index in [1.807, 2.05) is 20.8 Å². The minimum atomic E-state index is -0.366. The van der Waals surface area contributed by atoms with Crippen LogP contribution in [0.4, 0.5) is 0 Å². The zero-order chi connectivity index (χ0) is 17.0. The Morgan fingerprint density at radius 2 is 2.09 bits per heavy atom. The normalized spacial score (nSPS) is 20.6. The van der Waals surface area contributed by atoms with Gasteiger partial charge in [-0.25, -0.2) is 4.98 Å². The number of thiazole rings is 1. The van der Waals surface area contributed by atoms with Crippen LogP contribution in [0.5, 0.6) is 0 Å². The van der Waals surface area contributed by atoms with Crippen LogP contribution in [-0.2, 0) is 17.6 Å². The first-order valence-electron chi connectivity index (χ1n) is 7.92. The van der Waals surface area contributed by atoms with Crippen LogP contribution in [0, 0.1) is 0 Å². The first kappa shape index (κ1) is 17.7. The topological polar surface area (TPSA) is 80.7 Å². The van der Waals surface area contributed by atoms with Crippen LogP contribution in [0.25, 0.3) is 0 Å². The average Bonchev–Trinajstić information content (AvgIpc) is 3.00. The predicted molar refractivity (Wildman–Crippen MR) is 94.0 cm³/mol. The summed E-state index contributed by atoms with van der Waals surface area (Å²) in [5.41, 5.74) is 10.5. The van der Waals surface area contributed by atoms with Crippen molar-refractivity contribution >= 4 is 17.0 Å². The quantitative estimate of drug-likeness (QED) is 0.474. The standard InChI is InChI=1S/C17H25N3O2S/c1-5-14-19-13(9-23-14)7-6-8-22-17-11(3)10(2)15(18)16(20-21)12(17)4/h9,15,21H,5-8,18H2,1-4H3. The third-order valence-corrected chi connectivity index (χ3v) is 5.29. The van der Waals surface area contributed by atoms with E-state index in [-0.39, 0.29) is 6.04 Å². The highest BCUT2D eigenvalue weighted by Gasteiger charge is 2.27. The van der Waals surface area contributed by atoms with Gasteiger partial charge in [-0.2, -0.15) is 0 Å². The summed E-state index contributed by atoms with van der Waals surface area (Å²) in [7, 11) is 0. The fourth-order valence-electron chi connectivity index (χ4n) is 2.66. The van der Waals surface area contributed by atoms with Crippen molar-refractivity contribution in [3.8, 4) is 0 Å². The van der Waals surface area contributed by atoms with Crippen LogP contribution in [0.1, 0.15) is 44.8 Å². The molecular formula is C17H25N3O2S. The van der Waals surface area contributed by atoms with E-state index in [1.54, 1.807) is 11.3 Å². The molecular weight excluding hydrogens is 310 g/mol. The number of ether oxygens (including phenoxy) is 1. The van der Waals surface area contributed by atoms with Crippen LogP contribution >= 0.6 is 11.3 Å². The Kier molecular flexibility index (Phi) is 5.96. The first-order chi connectivity index (χ1) is 11.0. The summed E-state index contributed by atoms with van der Waals surface area (Å²) in [4.78, 5) is 4.56. The lowest BCUT2D eigenvalue weighted by atomic mass is 9.87. The van der Waals surface area contributed by atoms with E-state index < -0.39 is 0 Å². The van der Waals surface area contributed by atoms with Gasteiger partial charge in [0, 0.05) is 11.0 Å². The summed E-state index contributed by atoms with van der Waals surface area (Å²) >= 11 is 1.71. The molecule has 23 heavy (non-hydrogen) atoms. The lowest BCUT2D eigenvalue weighted by Crippen LogP contribution is -2.36. The van der Waals surface area contributed by atoms with Gasteiger partial charge in [-0.1, -0.05) is 12.1 Å². The Hall–Kier alpha value is -1.66. The zero-order valence-corrected chi connectivity index (χ0v) is 15.0. The predicted octanol–water partition coefficient (Wildman–Crippen LogP) is 3.44. The number of hydrogen-bond acceptors (Lipinski definition) is 6. The minimum Gasteiger partial charge on any atom is -0.493 e. The van der Waals surface area contributed by atoms with Crippen molar-refractivity contribution in [1.82, 2.24) is 4.98 Å². The van der Waals surface area contributed by atoms with Gasteiger partial charge in [0.05, 0.1) is 23.4 Å². The third-order valence-electron chi connectivity index (χ3n) is 4.25. The Balaban J connectivity index is 1.97. The lowest BCUT2D eigenvalue weighted by molar-refractivity contribution is 0.212. The molecule has 0 aliphatic heterocycles. The molecule has 6 heteroatoms. The van der Waals surface area contributed by atoms with E-state index in [0.29, 0.717) is 12.3 Å². The van der Waals surface area contributed by atoms with Crippen molar-refractivity contribution in [3.05, 3.63) is 38.6 Å². The van der Waals surface area contributed by atoms with Gasteiger partial charge >= 0.3 is 0 Å². The highest BCUT2D eigenvalue weighted by molar-refractivity contribution is 7.09. The van der Waals surface area contributed by atoms with E-state index in [9.17, 15) is 5.21 Å². The first-order valence-corrected chi connectivity index (χ1v) is 8.80. The fraction of sp³-hybridized carbons (Fsp3) is 0.529. The molecule has 0 saturated carbocycles. The van der Waals surface area contributed by atoms with E-state index in [2.05, 4.69) is 22.4 Å². The summed E-state index contributed by atoms with van der Waals surface area (Å²) in [5, 5.41) is 15.8. The summed E-state index contributed by atoms with van der Waals surface area (Å²) in [6, 6.07) is -0.366. The van der Waals surface area contributed by atoms with Gasteiger partial charge in [-0.05, 0) is 51.2 Å². The van der Waals surface area contributed by atoms with Gasteiger partial charge in [0.1, 0.15) is 11.5 Å². The van der Waals surface area contributed by atoms with Gasteiger partial charge in [0.2, 0.25) is 0 Å². The number of hydrogen-bond donors (Lipinski definition) is 2. The van der Waals surface area contributed by atoms with Crippen molar-refractivity contribution in [1.29, 1.82) is 0 Å². The largest absolute Gasteiger partial charge is 0.493 e. The monoisotopic (exact) mass is 335 g/mol. The number of aryl methyl sites for hydroxylation is 2. The second kappa shape index (κ2) is 7.75. The van der Waals surface area contributed by atoms with Crippen molar-refractivity contribution in [2.24, 2.45) is 10.9 Å². The summed E-state index contributed by atoms with van der Waals surface area (Å²) in [5.74, 6) is 0.782. The molecule has 1 aromatic rings. The molecule has 1 atom stereocenters. The average molecular weight is 335 g/mol. The molecule has 1 heterocycles. The summed E-state index contributed by atoms with van der Waals surface area (Å²) < 4.78 is 5.96. The molecule has 0 fully saturated rings. The molecule has 0 amide bonds. The molecule has 2 rings (SSSR count). The second-order valence-corrected chi connectivity index (χ2v) is 6.71. The second-order valence-electron chi connectivity index (χ2n) is 5.76. The van der Waals surface area contributed by atoms with Crippen LogP contribution in [0.2, 0.25) is 0 Å². The summed E-state index contributed by atoms with van der Waals surface area (Å²) in [6.45, 7) is 8.55. The van der Waals surface area contributed by atoms with Gasteiger partial charge in [0.25, 0.3) is 0 Å². The summed E-state index contributed by atoms with van der Waals surface area (Å²) in [6.07, 6.45) is 2.79. The van der Waals surface area contributed by atoms with E-state index in [0.717, 1.165) is 47.4 Å². The van der Waals surface area contributed by atoms with E-state index in [4.69, 9.17) is 10.5 Å². The molecule has 0 bridgehead atoms. The molecule has 5 nitrogen and oxygen atoms in total. The highest BCUT2D eigenvalue weighted by Crippen LogP contribution is 2.28. The van der Waals surface area contributed by atoms with Crippen molar-refractivity contribution in [2.45, 2.75) is 53.0 Å². The Labute approximate surface area is 141 Å². The van der Waals surface area contributed by atoms with Crippen molar-refractivity contribution < 1.29 is 9.94 Å². The maximum atomic E-state index is 9.19. The smallest absolute Gasteiger partial charge is 0.127 e. The lowest BCUT2D eigenvalue weighted by Gasteiger charge is -2.26. The molecule has 3 N–H and O–H groups in total. The molecule has 0 spiro atoms. The van der Waals surface area contributed by atoms with Crippen LogP contribution in [-0.4, -0.2) is 28.6 Å². The highest BCUT2D eigenvalue weighted by atomic mass is 32.1. The number of allylic oxidation sites excluding steroid dienone is 1. The van der Waals surface area contributed by atoms with Crippen LogP contribution < -0.4 is 5.73 Å². The molecule has 1 aliphatic rings. The Morgan fingerprint density at radius 3 is 2.70 bits per heavy atom. The molecule has 1 unspecified atom stereocenters. The maximum absolute atomic E-state index is 9.19. The van der Waals surface area contributed by atoms with Crippen LogP contribution in [0.15, 0.2) is 33.0 Å². The van der Waals surface area contributed by atoms with Crippen molar-refractivity contribution in [2.75, 3.05) is 6.61 Å². The molecule has 1 aromatic heterocycles. The van der Waals surface area contributed by atoms with Crippen molar-refractivity contribution in [3.63, 3.8) is 0 Å². The van der Waals surface area contributed by atoms with Gasteiger partial charge in [0.15, 0.2) is 0 Å². The molecule has 0 saturated heterocycles. The minimum absolute atomic E-state index is 0.366. The maximum Gasteiger partial charge on any atom is 0.127 e. The molecule has 0 aromatic carbocycles. The SMILES string of the molecule is CCc1nc(CCCOC2=C(C)C(=NO)C(N)C(C)=C2C)cs1. The van der Waals surface area contributed by atoms with Crippen LogP contribution in [0.3, 0.4) is 0 Å². The molecule has 0 radical (unpaired) electrons. The number of rotatable bonds is 6. The Morgan fingerprint density at radius 1 is 1.35 bits per heavy atom. The van der Waals surface area contributed by atoms with E-state index >= 15 is 0 Å².